The maximum Gasteiger partial charge on any atom is 0.164 e. The molecule has 0 fully saturated rings. The molecule has 0 radical (unpaired) electrons. The lowest BCUT2D eigenvalue weighted by Gasteiger charge is -2.28. The van der Waals surface area contributed by atoms with Crippen LogP contribution in [0.4, 0.5) is 0 Å². The van der Waals surface area contributed by atoms with Crippen molar-refractivity contribution in [3.05, 3.63) is 247 Å². The van der Waals surface area contributed by atoms with E-state index in [2.05, 4.69) is 231 Å². The van der Waals surface area contributed by atoms with Crippen LogP contribution in [0.3, 0.4) is 0 Å². The summed E-state index contributed by atoms with van der Waals surface area (Å²) >= 11 is 0. The predicted octanol–water partition coefficient (Wildman–Crippen LogP) is 15.5. The lowest BCUT2D eigenvalue weighted by atomic mass is 9.74. The van der Waals surface area contributed by atoms with Gasteiger partial charge in [-0.3, -0.25) is 0 Å². The summed E-state index contributed by atoms with van der Waals surface area (Å²) < 4.78 is 0. The van der Waals surface area contributed by atoms with Gasteiger partial charge in [-0.1, -0.05) is 212 Å². The van der Waals surface area contributed by atoms with Crippen molar-refractivity contribution in [1.29, 1.82) is 0 Å². The second kappa shape index (κ2) is 15.3. The average Bonchev–Trinajstić information content (AvgIpc) is 3.65. The van der Waals surface area contributed by atoms with Gasteiger partial charge in [-0.2, -0.15) is 0 Å². The number of fused-ring (bicyclic) bond motifs is 5. The summed E-state index contributed by atoms with van der Waals surface area (Å²) in [7, 11) is 0. The van der Waals surface area contributed by atoms with Gasteiger partial charge in [0.25, 0.3) is 0 Å². The van der Waals surface area contributed by atoms with Crippen molar-refractivity contribution in [1.82, 2.24) is 15.0 Å². The van der Waals surface area contributed by atoms with E-state index in [1.807, 2.05) is 6.07 Å². The van der Waals surface area contributed by atoms with Gasteiger partial charge in [-0.25, -0.2) is 15.0 Å². The van der Waals surface area contributed by atoms with Crippen LogP contribution in [0.2, 0.25) is 0 Å². The quantitative estimate of drug-likeness (QED) is 0.161. The first-order chi connectivity index (χ1) is 31.6. The Morgan fingerprint density at radius 3 is 1.50 bits per heavy atom. The molecule has 0 saturated carbocycles. The van der Waals surface area contributed by atoms with E-state index in [0.29, 0.717) is 17.5 Å². The van der Waals surface area contributed by atoms with Crippen molar-refractivity contribution in [3.63, 3.8) is 0 Å². The van der Waals surface area contributed by atoms with E-state index in [4.69, 9.17) is 15.0 Å². The molecule has 0 spiro atoms. The van der Waals surface area contributed by atoms with Gasteiger partial charge in [0.2, 0.25) is 0 Å². The Morgan fingerprint density at radius 1 is 0.297 bits per heavy atom. The first-order valence-electron chi connectivity index (χ1n) is 21.9. The fraction of sp³-hybridized carbons (Fsp3) is 0.0328. The van der Waals surface area contributed by atoms with Crippen LogP contribution in [0.1, 0.15) is 23.6 Å². The van der Waals surface area contributed by atoms with Crippen LogP contribution in [0.5, 0.6) is 0 Å². The van der Waals surface area contributed by atoms with Gasteiger partial charge >= 0.3 is 0 Å². The summed E-state index contributed by atoms with van der Waals surface area (Å²) in [5, 5.41) is 4.52. The number of benzene rings is 10. The zero-order valence-corrected chi connectivity index (χ0v) is 35.3. The van der Waals surface area contributed by atoms with Gasteiger partial charge < -0.3 is 0 Å². The highest BCUT2D eigenvalue weighted by molar-refractivity contribution is 6.04. The van der Waals surface area contributed by atoms with Crippen LogP contribution >= 0.6 is 0 Å². The molecular weight excluding hydrogens is 775 g/mol. The van der Waals surface area contributed by atoms with E-state index < -0.39 is 0 Å². The van der Waals surface area contributed by atoms with E-state index in [9.17, 15) is 0 Å². The average molecular weight is 816 g/mol. The highest BCUT2D eigenvalue weighted by atomic mass is 15.0. The normalized spacial score (nSPS) is 14.1. The highest BCUT2D eigenvalue weighted by Gasteiger charge is 2.41. The molecule has 300 valence electrons. The van der Waals surface area contributed by atoms with Crippen molar-refractivity contribution in [3.8, 4) is 78.7 Å². The van der Waals surface area contributed by atoms with Crippen LogP contribution < -0.4 is 0 Å². The second-order valence-electron chi connectivity index (χ2n) is 16.8. The third-order valence-corrected chi connectivity index (χ3v) is 13.2. The molecule has 0 aliphatic heterocycles. The summed E-state index contributed by atoms with van der Waals surface area (Å²) in [4.78, 5) is 15.9. The van der Waals surface area contributed by atoms with Gasteiger partial charge in [-0.05, 0) is 108 Å². The van der Waals surface area contributed by atoms with Gasteiger partial charge in [0.05, 0.1) is 0 Å². The van der Waals surface area contributed by atoms with Crippen LogP contribution in [-0.4, -0.2) is 15.0 Å². The third kappa shape index (κ3) is 6.16. The monoisotopic (exact) mass is 815 g/mol. The molecule has 0 bridgehead atoms. The molecule has 1 unspecified atom stereocenters. The summed E-state index contributed by atoms with van der Waals surface area (Å²) in [6.45, 7) is 2.37. The lowest BCUT2D eigenvalue weighted by molar-refractivity contribution is 0.714. The number of rotatable bonds is 7. The zero-order valence-electron chi connectivity index (χ0n) is 35.3. The van der Waals surface area contributed by atoms with Gasteiger partial charge in [0, 0.05) is 22.1 Å². The van der Waals surface area contributed by atoms with Crippen molar-refractivity contribution in [2.75, 3.05) is 0 Å². The molecule has 1 aromatic heterocycles. The van der Waals surface area contributed by atoms with E-state index in [1.165, 1.54) is 50.1 Å². The van der Waals surface area contributed by atoms with Gasteiger partial charge in [0.1, 0.15) is 0 Å². The van der Waals surface area contributed by atoms with Crippen LogP contribution in [-0.2, 0) is 5.41 Å². The highest BCUT2D eigenvalue weighted by Crippen LogP contribution is 2.55. The van der Waals surface area contributed by atoms with Crippen molar-refractivity contribution in [2.24, 2.45) is 0 Å². The first kappa shape index (κ1) is 37.5. The Labute approximate surface area is 373 Å². The van der Waals surface area contributed by atoms with Crippen molar-refractivity contribution >= 4 is 21.5 Å². The Hall–Kier alpha value is -8.27. The third-order valence-electron chi connectivity index (χ3n) is 13.2. The molecule has 10 aromatic carbocycles. The van der Waals surface area contributed by atoms with E-state index in [1.54, 1.807) is 0 Å². The number of hydrogen-bond acceptors (Lipinski definition) is 3. The first-order valence-corrected chi connectivity index (χ1v) is 21.9. The zero-order chi connectivity index (χ0) is 42.6. The molecule has 1 heterocycles. The predicted molar refractivity (Wildman–Crippen MR) is 265 cm³/mol. The van der Waals surface area contributed by atoms with Crippen LogP contribution in [0, 0.1) is 0 Å². The minimum atomic E-state index is -0.255. The summed E-state index contributed by atoms with van der Waals surface area (Å²) in [5.74, 6) is 1.89. The minimum Gasteiger partial charge on any atom is -0.208 e. The molecule has 0 amide bonds. The number of nitrogens with zero attached hydrogens (tertiary/aromatic N) is 3. The Kier molecular flexibility index (Phi) is 8.94. The topological polar surface area (TPSA) is 38.7 Å². The molecule has 64 heavy (non-hydrogen) atoms. The van der Waals surface area contributed by atoms with Gasteiger partial charge in [0.15, 0.2) is 17.5 Å². The Balaban J connectivity index is 1.00. The van der Waals surface area contributed by atoms with E-state index >= 15 is 0 Å². The maximum absolute atomic E-state index is 5.30. The lowest BCUT2D eigenvalue weighted by Crippen LogP contribution is -2.22. The molecule has 3 heteroatoms. The largest absolute Gasteiger partial charge is 0.208 e. The molecule has 0 saturated heterocycles. The standard InChI is InChI=1S/C61H41N3/c1-61(46-22-9-4-10-23-46)55-30-16-15-28-54(55)57-49(29-17-31-56(57)61)44-34-32-43-39-45(35-33-42(43)38-44)58-62-59(52-27-14-11-24-47(52)40-18-5-2-6-19-40)64-60(63-58)53-37-36-48(41-20-7-3-8-21-41)50-25-12-13-26-51(50)53/h2-39H,1H3. The fourth-order valence-corrected chi connectivity index (χ4v) is 10.1. The summed E-state index contributed by atoms with van der Waals surface area (Å²) in [6.07, 6.45) is 0. The minimum absolute atomic E-state index is 0.255. The molecule has 1 aliphatic carbocycles. The molecule has 11 aromatic rings. The number of hydrogen-bond donors (Lipinski definition) is 0. The molecule has 1 aliphatic rings. The molecule has 0 N–H and O–H groups in total. The SMILES string of the molecule is CC1(c2ccccc2)c2ccccc2-c2c(-c3ccc4cc(-c5nc(-c6ccccc6-c6ccccc6)nc(-c6ccc(-c7ccccc7)c7ccccc67)n5)ccc4c3)cccc21. The van der Waals surface area contributed by atoms with Crippen LogP contribution in [0.15, 0.2) is 231 Å². The fourth-order valence-electron chi connectivity index (χ4n) is 10.1. The molecule has 3 nitrogen and oxygen atoms in total. The Bertz CT molecular complexity index is 3560. The molecular formula is C61H41N3. The van der Waals surface area contributed by atoms with Gasteiger partial charge in [-0.15, -0.1) is 0 Å². The van der Waals surface area contributed by atoms with Crippen molar-refractivity contribution in [2.45, 2.75) is 12.3 Å². The summed E-state index contributed by atoms with van der Waals surface area (Å²) in [5.41, 5.74) is 16.1. The van der Waals surface area contributed by atoms with Crippen LogP contribution in [0.25, 0.3) is 100 Å². The molecule has 12 rings (SSSR count). The Morgan fingerprint density at radius 2 is 0.781 bits per heavy atom. The summed E-state index contributed by atoms with van der Waals surface area (Å²) in [6, 6.07) is 82.4. The second-order valence-corrected chi connectivity index (χ2v) is 16.8. The van der Waals surface area contributed by atoms with E-state index in [-0.39, 0.29) is 5.41 Å². The van der Waals surface area contributed by atoms with Crippen molar-refractivity contribution < 1.29 is 0 Å². The maximum atomic E-state index is 5.30. The smallest absolute Gasteiger partial charge is 0.164 e. The number of aromatic nitrogens is 3. The van der Waals surface area contributed by atoms with E-state index in [0.717, 1.165) is 49.4 Å². The molecule has 1 atom stereocenters.